The highest BCUT2D eigenvalue weighted by atomic mass is 32.1. The molecule has 0 saturated carbocycles. The highest BCUT2D eigenvalue weighted by Crippen LogP contribution is 2.23. The lowest BCUT2D eigenvalue weighted by Gasteiger charge is -2.10. The number of hydrogen-bond acceptors (Lipinski definition) is 5. The molecule has 2 aromatic rings. The molecular formula is C16H18N2O4S. The van der Waals surface area contributed by atoms with Crippen LogP contribution in [0.15, 0.2) is 29.6 Å². The van der Waals surface area contributed by atoms with Crippen molar-refractivity contribution in [3.05, 3.63) is 40.3 Å². The fourth-order valence-electron chi connectivity index (χ4n) is 1.92. The number of carboxylic acids is 1. The van der Waals surface area contributed by atoms with E-state index >= 15 is 0 Å². The molecule has 6 nitrogen and oxygen atoms in total. The summed E-state index contributed by atoms with van der Waals surface area (Å²) in [4.78, 5) is 27.1. The maximum Gasteiger partial charge on any atom is 0.309 e. The lowest BCUT2D eigenvalue weighted by Crippen LogP contribution is -2.18. The molecule has 2 rings (SSSR count). The number of carbonyl (C=O) groups is 2. The molecule has 0 saturated heterocycles. The van der Waals surface area contributed by atoms with Gasteiger partial charge in [0.25, 0.3) is 0 Å². The van der Waals surface area contributed by atoms with E-state index < -0.39 is 11.9 Å². The number of thiazole rings is 1. The van der Waals surface area contributed by atoms with Gasteiger partial charge in [-0.05, 0) is 38.1 Å². The number of rotatable bonds is 7. The molecule has 23 heavy (non-hydrogen) atoms. The summed E-state index contributed by atoms with van der Waals surface area (Å²) in [5, 5.41) is 13.8. The molecule has 1 aromatic carbocycles. The average molecular weight is 334 g/mol. The molecule has 0 spiro atoms. The van der Waals surface area contributed by atoms with Crippen LogP contribution in [0.2, 0.25) is 0 Å². The molecule has 1 heterocycles. The number of carboxylic acid groups (broad SMARTS) is 1. The summed E-state index contributed by atoms with van der Waals surface area (Å²) >= 11 is 1.29. The van der Waals surface area contributed by atoms with Crippen LogP contribution in [0.1, 0.15) is 30.5 Å². The molecule has 122 valence electrons. The molecule has 0 aliphatic carbocycles. The van der Waals surface area contributed by atoms with Crippen molar-refractivity contribution >= 4 is 28.9 Å². The third-order valence-corrected chi connectivity index (χ3v) is 4.17. The number of aliphatic carboxylic acids is 1. The number of anilines is 1. The summed E-state index contributed by atoms with van der Waals surface area (Å²) in [6.07, 6.45) is -0.135. The van der Waals surface area contributed by atoms with Crippen molar-refractivity contribution in [2.24, 2.45) is 0 Å². The van der Waals surface area contributed by atoms with Gasteiger partial charge in [-0.15, -0.1) is 11.3 Å². The van der Waals surface area contributed by atoms with Gasteiger partial charge in [0.1, 0.15) is 10.8 Å². The van der Waals surface area contributed by atoms with Crippen LogP contribution in [0.4, 0.5) is 5.69 Å². The smallest absolute Gasteiger partial charge is 0.309 e. The molecule has 0 aliphatic rings. The van der Waals surface area contributed by atoms with Gasteiger partial charge in [-0.3, -0.25) is 9.59 Å². The molecule has 7 heteroatoms. The van der Waals surface area contributed by atoms with Gasteiger partial charge in [0.05, 0.1) is 24.6 Å². The van der Waals surface area contributed by atoms with Gasteiger partial charge < -0.3 is 15.2 Å². The van der Waals surface area contributed by atoms with E-state index in [1.54, 1.807) is 36.6 Å². The van der Waals surface area contributed by atoms with Crippen molar-refractivity contribution in [1.82, 2.24) is 4.98 Å². The Morgan fingerprint density at radius 1 is 1.35 bits per heavy atom. The number of nitrogens with zero attached hydrogens (tertiary/aromatic N) is 1. The van der Waals surface area contributed by atoms with Gasteiger partial charge in [-0.25, -0.2) is 4.98 Å². The number of ether oxygens (including phenoxy) is 1. The van der Waals surface area contributed by atoms with Crippen molar-refractivity contribution in [3.8, 4) is 5.75 Å². The SMILES string of the molecule is CCOc1ccc(NC(=O)[C@@H](C)c2nc(CC(=O)O)cs2)cc1. The van der Waals surface area contributed by atoms with Gasteiger partial charge in [0.15, 0.2) is 0 Å². The Hall–Kier alpha value is -2.41. The molecular weight excluding hydrogens is 316 g/mol. The fraction of sp³-hybridized carbons (Fsp3) is 0.312. The first-order chi connectivity index (χ1) is 11.0. The van der Waals surface area contributed by atoms with Crippen molar-refractivity contribution in [2.75, 3.05) is 11.9 Å². The zero-order valence-electron chi connectivity index (χ0n) is 12.9. The molecule has 0 unspecified atom stereocenters. The van der Waals surface area contributed by atoms with Crippen LogP contribution in [0.25, 0.3) is 0 Å². The second-order valence-electron chi connectivity index (χ2n) is 4.92. The summed E-state index contributed by atoms with van der Waals surface area (Å²) < 4.78 is 5.35. The van der Waals surface area contributed by atoms with E-state index in [4.69, 9.17) is 9.84 Å². The van der Waals surface area contributed by atoms with Crippen molar-refractivity contribution < 1.29 is 19.4 Å². The maximum atomic E-state index is 12.3. The topological polar surface area (TPSA) is 88.5 Å². The fourth-order valence-corrected chi connectivity index (χ4v) is 2.80. The van der Waals surface area contributed by atoms with E-state index in [0.29, 0.717) is 23.0 Å². The summed E-state index contributed by atoms with van der Waals surface area (Å²) in [5.41, 5.74) is 1.14. The zero-order chi connectivity index (χ0) is 16.8. The minimum atomic E-state index is -0.937. The van der Waals surface area contributed by atoms with Crippen LogP contribution in [0.5, 0.6) is 5.75 Å². The molecule has 0 radical (unpaired) electrons. The molecule has 1 atom stereocenters. The summed E-state index contributed by atoms with van der Waals surface area (Å²) in [6.45, 7) is 4.24. The molecule has 0 bridgehead atoms. The zero-order valence-corrected chi connectivity index (χ0v) is 13.7. The average Bonchev–Trinajstić information content (AvgIpc) is 2.96. The third-order valence-electron chi connectivity index (χ3n) is 3.10. The number of nitrogens with one attached hydrogen (secondary N) is 1. The Bertz CT molecular complexity index is 682. The first kappa shape index (κ1) is 17.0. The normalized spacial score (nSPS) is 11.7. The van der Waals surface area contributed by atoms with E-state index in [1.807, 2.05) is 6.92 Å². The third kappa shape index (κ3) is 4.79. The monoisotopic (exact) mass is 334 g/mol. The number of amides is 1. The van der Waals surface area contributed by atoms with Gasteiger partial charge >= 0.3 is 5.97 Å². The van der Waals surface area contributed by atoms with Crippen molar-refractivity contribution in [1.29, 1.82) is 0 Å². The Morgan fingerprint density at radius 2 is 2.04 bits per heavy atom. The predicted molar refractivity (Wildman–Crippen MR) is 88.1 cm³/mol. The summed E-state index contributed by atoms with van der Waals surface area (Å²) in [6, 6.07) is 7.12. The molecule has 1 amide bonds. The number of hydrogen-bond donors (Lipinski definition) is 2. The second kappa shape index (κ2) is 7.73. The first-order valence-corrected chi connectivity index (χ1v) is 8.07. The highest BCUT2D eigenvalue weighted by molar-refractivity contribution is 7.09. The maximum absolute atomic E-state index is 12.3. The van der Waals surface area contributed by atoms with Crippen molar-refractivity contribution in [3.63, 3.8) is 0 Å². The van der Waals surface area contributed by atoms with E-state index in [-0.39, 0.29) is 12.3 Å². The van der Waals surface area contributed by atoms with E-state index in [9.17, 15) is 9.59 Å². The quantitative estimate of drug-likeness (QED) is 0.813. The standard InChI is InChI=1S/C16H18N2O4S/c1-3-22-13-6-4-11(5-7-13)17-15(21)10(2)16-18-12(9-23-16)8-14(19)20/h4-7,9-10H,3,8H2,1-2H3,(H,17,21)(H,19,20)/t10-/m1/s1. The minimum Gasteiger partial charge on any atom is -0.494 e. The van der Waals surface area contributed by atoms with E-state index in [2.05, 4.69) is 10.3 Å². The Balaban J connectivity index is 1.99. The van der Waals surface area contributed by atoms with Gasteiger partial charge in [0, 0.05) is 11.1 Å². The summed E-state index contributed by atoms with van der Waals surface area (Å²) in [7, 11) is 0. The van der Waals surface area contributed by atoms with Crippen LogP contribution < -0.4 is 10.1 Å². The number of benzene rings is 1. The largest absolute Gasteiger partial charge is 0.494 e. The first-order valence-electron chi connectivity index (χ1n) is 7.19. The van der Waals surface area contributed by atoms with E-state index in [0.717, 1.165) is 5.75 Å². The Morgan fingerprint density at radius 3 is 2.65 bits per heavy atom. The lowest BCUT2D eigenvalue weighted by molar-refractivity contribution is -0.136. The Labute approximate surface area is 138 Å². The van der Waals surface area contributed by atoms with Crippen molar-refractivity contribution in [2.45, 2.75) is 26.2 Å². The predicted octanol–water partition coefficient (Wildman–Crippen LogP) is 2.91. The number of carbonyl (C=O) groups excluding carboxylic acids is 1. The lowest BCUT2D eigenvalue weighted by atomic mass is 10.1. The van der Waals surface area contributed by atoms with Crippen LogP contribution in [0.3, 0.4) is 0 Å². The molecule has 0 aliphatic heterocycles. The minimum absolute atomic E-state index is 0.135. The Kier molecular flexibility index (Phi) is 5.70. The van der Waals surface area contributed by atoms with Crippen LogP contribution in [-0.4, -0.2) is 28.6 Å². The van der Waals surface area contributed by atoms with Gasteiger partial charge in [-0.1, -0.05) is 0 Å². The van der Waals surface area contributed by atoms with Crippen LogP contribution in [0, 0.1) is 0 Å². The van der Waals surface area contributed by atoms with Gasteiger partial charge in [-0.2, -0.15) is 0 Å². The van der Waals surface area contributed by atoms with Crippen LogP contribution in [-0.2, 0) is 16.0 Å². The molecule has 2 N–H and O–H groups in total. The van der Waals surface area contributed by atoms with Crippen LogP contribution >= 0.6 is 11.3 Å². The number of aromatic nitrogens is 1. The second-order valence-corrected chi connectivity index (χ2v) is 5.81. The van der Waals surface area contributed by atoms with Gasteiger partial charge in [0.2, 0.25) is 5.91 Å². The summed E-state index contributed by atoms with van der Waals surface area (Å²) in [5.74, 6) is -0.829. The molecule has 1 aromatic heterocycles. The molecule has 0 fully saturated rings. The van der Waals surface area contributed by atoms with E-state index in [1.165, 1.54) is 11.3 Å². The highest BCUT2D eigenvalue weighted by Gasteiger charge is 2.19.